The van der Waals surface area contributed by atoms with E-state index in [0.717, 1.165) is 16.9 Å². The molecule has 6 atom stereocenters. The van der Waals surface area contributed by atoms with Crippen LogP contribution < -0.4 is 4.74 Å². The normalized spacial score (nSPS) is 33.2. The zero-order valence-electron chi connectivity index (χ0n) is 16.0. The summed E-state index contributed by atoms with van der Waals surface area (Å²) in [6, 6.07) is 7.89. The quantitative estimate of drug-likeness (QED) is 0.649. The second-order valence-corrected chi connectivity index (χ2v) is 8.42. The molecule has 28 heavy (non-hydrogen) atoms. The first-order chi connectivity index (χ1) is 13.4. The third kappa shape index (κ3) is 4.75. The second kappa shape index (κ2) is 9.65. The average Bonchev–Trinajstić information content (AvgIpc) is 2.70. The molecule has 1 aromatic rings. The lowest BCUT2D eigenvalue weighted by Gasteiger charge is -2.43. The smallest absolute Gasteiger partial charge is 0.132 e. The van der Waals surface area contributed by atoms with Crippen LogP contribution in [0.4, 0.5) is 0 Å². The van der Waals surface area contributed by atoms with Gasteiger partial charge in [-0.1, -0.05) is 35.9 Å². The summed E-state index contributed by atoms with van der Waals surface area (Å²) in [7, 11) is 0. The van der Waals surface area contributed by atoms with Gasteiger partial charge >= 0.3 is 0 Å². The first-order valence-electron chi connectivity index (χ1n) is 9.45. The molecule has 5 nitrogen and oxygen atoms in total. The maximum Gasteiger partial charge on any atom is 0.132 e. The molecule has 0 radical (unpaired) electrons. The summed E-state index contributed by atoms with van der Waals surface area (Å²) >= 11 is 7.75. The van der Waals surface area contributed by atoms with E-state index < -0.39 is 29.9 Å². The van der Waals surface area contributed by atoms with E-state index in [-0.39, 0.29) is 5.92 Å². The molecule has 0 spiro atoms. The number of benzene rings is 1. The number of aliphatic hydroxyl groups excluding tert-OH is 3. The number of hydrogen-bond acceptors (Lipinski definition) is 6. The molecule has 154 valence electrons. The van der Waals surface area contributed by atoms with E-state index in [4.69, 9.17) is 21.1 Å². The van der Waals surface area contributed by atoms with Crippen LogP contribution in [0.1, 0.15) is 18.9 Å². The Balaban J connectivity index is 1.75. The Labute approximate surface area is 175 Å². The Morgan fingerprint density at radius 3 is 2.50 bits per heavy atom. The molecule has 7 heteroatoms. The van der Waals surface area contributed by atoms with E-state index in [1.807, 2.05) is 43.3 Å². The summed E-state index contributed by atoms with van der Waals surface area (Å²) in [5.74, 6) is 0.699. The van der Waals surface area contributed by atoms with Crippen molar-refractivity contribution in [1.29, 1.82) is 0 Å². The third-order valence-electron chi connectivity index (χ3n) is 5.18. The first-order valence-corrected chi connectivity index (χ1v) is 11.1. The van der Waals surface area contributed by atoms with E-state index in [1.165, 1.54) is 11.8 Å². The van der Waals surface area contributed by atoms with Gasteiger partial charge in [0.05, 0.1) is 12.7 Å². The van der Waals surface area contributed by atoms with Crippen molar-refractivity contribution in [2.24, 2.45) is 5.92 Å². The zero-order chi connectivity index (χ0) is 20.3. The first kappa shape index (κ1) is 21.7. The van der Waals surface area contributed by atoms with Crippen LogP contribution in [0.5, 0.6) is 5.75 Å². The number of halogens is 1. The molecule has 1 aliphatic carbocycles. The Morgan fingerprint density at radius 2 is 1.86 bits per heavy atom. The van der Waals surface area contributed by atoms with Crippen LogP contribution in [0.2, 0.25) is 0 Å². The van der Waals surface area contributed by atoms with Crippen LogP contribution in [0, 0.1) is 5.92 Å². The highest BCUT2D eigenvalue weighted by molar-refractivity contribution is 7.99. The Bertz CT molecular complexity index is 718. The number of thioether (sulfide) groups is 1. The Hall–Kier alpha value is -1.02. The van der Waals surface area contributed by atoms with Crippen LogP contribution in [0.15, 0.2) is 47.0 Å². The summed E-state index contributed by atoms with van der Waals surface area (Å²) in [4.78, 5) is 0. The average molecular weight is 427 g/mol. The maximum atomic E-state index is 10.5. The van der Waals surface area contributed by atoms with Crippen molar-refractivity contribution < 1.29 is 24.8 Å². The molecule has 0 bridgehead atoms. The fourth-order valence-electron chi connectivity index (χ4n) is 3.66. The number of hydrogen-bond donors (Lipinski definition) is 3. The van der Waals surface area contributed by atoms with Gasteiger partial charge in [-0.2, -0.15) is 0 Å². The van der Waals surface area contributed by atoms with Gasteiger partial charge in [-0.05, 0) is 49.3 Å². The van der Waals surface area contributed by atoms with Crippen molar-refractivity contribution in [1.82, 2.24) is 0 Å². The van der Waals surface area contributed by atoms with Gasteiger partial charge in [-0.15, -0.1) is 11.8 Å². The minimum absolute atomic E-state index is 0.132. The summed E-state index contributed by atoms with van der Waals surface area (Å²) in [6.07, 6.45) is 2.91. The molecule has 0 saturated carbocycles. The van der Waals surface area contributed by atoms with Gasteiger partial charge in [0.25, 0.3) is 0 Å². The number of aliphatic hydroxyl groups is 3. The SMILES string of the molecule is CCOc1ccc(CC2=C[C@@H](C3O[C@H](SC)[C@@H](O)[C@H](O)[C@H]3O)CC=C2Cl)cc1. The second-order valence-electron chi connectivity index (χ2n) is 7.07. The van der Waals surface area contributed by atoms with Crippen molar-refractivity contribution in [2.45, 2.75) is 49.6 Å². The Morgan fingerprint density at radius 1 is 1.14 bits per heavy atom. The lowest BCUT2D eigenvalue weighted by atomic mass is 9.83. The van der Waals surface area contributed by atoms with Crippen LogP contribution in [0.25, 0.3) is 0 Å². The molecule has 1 aliphatic heterocycles. The topological polar surface area (TPSA) is 79.2 Å². The molecule has 1 aromatic carbocycles. The molecule has 2 aliphatic rings. The molecule has 0 amide bonds. The van der Waals surface area contributed by atoms with E-state index in [2.05, 4.69) is 0 Å². The van der Waals surface area contributed by atoms with Crippen molar-refractivity contribution in [2.75, 3.05) is 12.9 Å². The monoisotopic (exact) mass is 426 g/mol. The summed E-state index contributed by atoms with van der Waals surface area (Å²) < 4.78 is 11.4. The summed E-state index contributed by atoms with van der Waals surface area (Å²) in [6.45, 7) is 2.58. The number of rotatable bonds is 6. The number of allylic oxidation sites excluding steroid dienone is 3. The molecule has 1 saturated heterocycles. The predicted molar refractivity (Wildman–Crippen MR) is 112 cm³/mol. The molecular formula is C21H27ClO5S. The van der Waals surface area contributed by atoms with Gasteiger partial charge in [-0.3, -0.25) is 0 Å². The van der Waals surface area contributed by atoms with Gasteiger partial charge < -0.3 is 24.8 Å². The largest absolute Gasteiger partial charge is 0.494 e. The van der Waals surface area contributed by atoms with Crippen molar-refractivity contribution in [3.05, 3.63) is 52.6 Å². The van der Waals surface area contributed by atoms with E-state index >= 15 is 0 Å². The minimum atomic E-state index is -1.24. The van der Waals surface area contributed by atoms with Crippen LogP contribution >= 0.6 is 23.4 Å². The predicted octanol–water partition coefficient (Wildman–Crippen LogP) is 2.87. The molecule has 0 aromatic heterocycles. The van der Waals surface area contributed by atoms with E-state index in [1.54, 1.807) is 6.26 Å². The fourth-order valence-corrected chi connectivity index (χ4v) is 4.56. The van der Waals surface area contributed by atoms with Gasteiger partial charge in [-0.25, -0.2) is 0 Å². The lowest BCUT2D eigenvalue weighted by molar-refractivity contribution is -0.206. The molecule has 3 N–H and O–H groups in total. The lowest BCUT2D eigenvalue weighted by Crippen LogP contribution is -2.58. The minimum Gasteiger partial charge on any atom is -0.494 e. The molecule has 1 unspecified atom stereocenters. The van der Waals surface area contributed by atoms with Crippen molar-refractivity contribution in [3.8, 4) is 5.75 Å². The van der Waals surface area contributed by atoms with Crippen LogP contribution in [-0.2, 0) is 11.2 Å². The highest BCUT2D eigenvalue weighted by atomic mass is 35.5. The Kier molecular flexibility index (Phi) is 7.48. The molecule has 1 heterocycles. The van der Waals surface area contributed by atoms with Gasteiger partial charge in [0, 0.05) is 11.0 Å². The van der Waals surface area contributed by atoms with Gasteiger partial charge in [0.2, 0.25) is 0 Å². The highest BCUT2D eigenvalue weighted by Gasteiger charge is 2.46. The van der Waals surface area contributed by atoms with Crippen molar-refractivity contribution in [3.63, 3.8) is 0 Å². The zero-order valence-corrected chi connectivity index (χ0v) is 17.6. The van der Waals surface area contributed by atoms with Crippen LogP contribution in [0.3, 0.4) is 0 Å². The van der Waals surface area contributed by atoms with Crippen LogP contribution in [-0.4, -0.2) is 58.0 Å². The van der Waals surface area contributed by atoms with Gasteiger partial charge in [0.1, 0.15) is 29.5 Å². The van der Waals surface area contributed by atoms with Crippen molar-refractivity contribution >= 4 is 23.4 Å². The molecule has 3 rings (SSSR count). The van der Waals surface area contributed by atoms with E-state index in [9.17, 15) is 15.3 Å². The maximum absolute atomic E-state index is 10.5. The fraction of sp³-hybridized carbons (Fsp3) is 0.524. The summed E-state index contributed by atoms with van der Waals surface area (Å²) in [5, 5.41) is 31.4. The summed E-state index contributed by atoms with van der Waals surface area (Å²) in [5.41, 5.74) is 1.48. The standard InChI is InChI=1S/C21H27ClO5S/c1-3-26-15-7-4-12(5-8-15)10-14-11-13(6-9-16(14)22)20-18(24)17(23)19(25)21(27-20)28-2/h4-5,7-9,11,13,17-21,23-25H,3,6,10H2,1-2H3/t13-,17+,18+,19-,20?,21+/m0/s1. The number of ether oxygens (including phenoxy) is 2. The molecular weight excluding hydrogens is 400 g/mol. The van der Waals surface area contributed by atoms with E-state index in [0.29, 0.717) is 24.5 Å². The van der Waals surface area contributed by atoms with Gasteiger partial charge in [0.15, 0.2) is 0 Å². The highest BCUT2D eigenvalue weighted by Crippen LogP contribution is 2.37. The molecule has 1 fully saturated rings. The third-order valence-corrected chi connectivity index (χ3v) is 6.43.